The van der Waals surface area contributed by atoms with Crippen LogP contribution in [0, 0.1) is 5.92 Å². The van der Waals surface area contributed by atoms with Crippen molar-refractivity contribution in [2.45, 2.75) is 39.8 Å². The summed E-state index contributed by atoms with van der Waals surface area (Å²) in [6, 6.07) is 0.217. The van der Waals surface area contributed by atoms with E-state index in [4.69, 9.17) is 0 Å². The highest BCUT2D eigenvalue weighted by Crippen LogP contribution is 1.99. The fourth-order valence-electron chi connectivity index (χ4n) is 0.975. The van der Waals surface area contributed by atoms with Gasteiger partial charge in [0.25, 0.3) is 0 Å². The number of aliphatic hydroxyl groups excluding tert-OH is 1. The zero-order valence-corrected chi connectivity index (χ0v) is 10.4. The average molecular weight is 216 g/mol. The van der Waals surface area contributed by atoms with E-state index in [1.165, 1.54) is 0 Å². The Hall–Kier alpha value is -0.610. The van der Waals surface area contributed by atoms with Crippen LogP contribution in [0.1, 0.15) is 27.7 Å². The van der Waals surface area contributed by atoms with Crippen LogP contribution in [0.25, 0.3) is 0 Å². The van der Waals surface area contributed by atoms with E-state index in [0.717, 1.165) is 0 Å². The lowest BCUT2D eigenvalue weighted by molar-refractivity contribution is -0.130. The number of aliphatic hydroxyl groups is 1. The number of likely N-dealkylation sites (N-methyl/N-ethyl adjacent to an activating group) is 1. The van der Waals surface area contributed by atoms with Crippen molar-refractivity contribution in [2.24, 2.45) is 5.92 Å². The summed E-state index contributed by atoms with van der Waals surface area (Å²) >= 11 is 0. The van der Waals surface area contributed by atoms with E-state index in [2.05, 4.69) is 5.32 Å². The van der Waals surface area contributed by atoms with Gasteiger partial charge >= 0.3 is 0 Å². The average Bonchev–Trinajstić information content (AvgIpc) is 2.15. The van der Waals surface area contributed by atoms with Gasteiger partial charge in [-0.05, 0) is 19.8 Å². The number of rotatable bonds is 6. The predicted molar refractivity (Wildman–Crippen MR) is 61.6 cm³/mol. The Morgan fingerprint density at radius 2 is 1.87 bits per heavy atom. The minimum Gasteiger partial charge on any atom is -0.392 e. The Bertz CT molecular complexity index is 193. The topological polar surface area (TPSA) is 52.6 Å². The van der Waals surface area contributed by atoms with Gasteiger partial charge in [0.2, 0.25) is 5.91 Å². The number of nitrogens with zero attached hydrogens (tertiary/aromatic N) is 1. The fourth-order valence-corrected chi connectivity index (χ4v) is 0.975. The number of carbonyl (C=O) groups is 1. The van der Waals surface area contributed by atoms with E-state index in [0.29, 0.717) is 13.1 Å². The molecule has 0 aliphatic rings. The van der Waals surface area contributed by atoms with Crippen molar-refractivity contribution < 1.29 is 9.90 Å². The van der Waals surface area contributed by atoms with Crippen molar-refractivity contribution >= 4 is 5.91 Å². The minimum absolute atomic E-state index is 0.0564. The molecule has 4 heteroatoms. The first-order valence-corrected chi connectivity index (χ1v) is 5.50. The monoisotopic (exact) mass is 216 g/mol. The highest BCUT2D eigenvalue weighted by Gasteiger charge is 2.13. The summed E-state index contributed by atoms with van der Waals surface area (Å²) < 4.78 is 0. The number of carbonyl (C=O) groups excluding carboxylic acids is 1. The lowest BCUT2D eigenvalue weighted by atomic mass is 10.1. The van der Waals surface area contributed by atoms with E-state index in [-0.39, 0.29) is 24.0 Å². The van der Waals surface area contributed by atoms with E-state index >= 15 is 0 Å². The van der Waals surface area contributed by atoms with Crippen molar-refractivity contribution in [1.29, 1.82) is 0 Å². The molecule has 0 radical (unpaired) electrons. The third-order valence-corrected chi connectivity index (χ3v) is 2.57. The first-order valence-electron chi connectivity index (χ1n) is 5.50. The molecule has 0 rings (SSSR count). The molecule has 1 unspecified atom stereocenters. The molecule has 0 aliphatic heterocycles. The van der Waals surface area contributed by atoms with E-state index in [1.807, 2.05) is 27.7 Å². The van der Waals surface area contributed by atoms with Gasteiger partial charge in [-0.2, -0.15) is 0 Å². The molecule has 1 amide bonds. The van der Waals surface area contributed by atoms with Gasteiger partial charge < -0.3 is 15.3 Å². The summed E-state index contributed by atoms with van der Waals surface area (Å²) in [6.45, 7) is 8.61. The lowest BCUT2D eigenvalue weighted by Crippen LogP contribution is -2.41. The quantitative estimate of drug-likeness (QED) is 0.678. The molecule has 0 saturated carbocycles. The third-order valence-electron chi connectivity index (χ3n) is 2.57. The molecule has 0 aromatic heterocycles. The number of hydrogen-bond acceptors (Lipinski definition) is 3. The lowest BCUT2D eigenvalue weighted by Gasteiger charge is -2.22. The van der Waals surface area contributed by atoms with Crippen LogP contribution >= 0.6 is 0 Å². The van der Waals surface area contributed by atoms with Crippen molar-refractivity contribution in [1.82, 2.24) is 10.2 Å². The van der Waals surface area contributed by atoms with Gasteiger partial charge in [0.15, 0.2) is 0 Å². The Balaban J connectivity index is 3.73. The van der Waals surface area contributed by atoms with Gasteiger partial charge in [-0.1, -0.05) is 13.8 Å². The largest absolute Gasteiger partial charge is 0.392 e. The summed E-state index contributed by atoms with van der Waals surface area (Å²) in [7, 11) is 1.79. The molecule has 90 valence electrons. The minimum atomic E-state index is -0.387. The zero-order chi connectivity index (χ0) is 12.0. The number of hydrogen-bond donors (Lipinski definition) is 2. The van der Waals surface area contributed by atoms with Crippen LogP contribution in [-0.4, -0.2) is 48.2 Å². The van der Waals surface area contributed by atoms with Crippen molar-refractivity contribution in [3.63, 3.8) is 0 Å². The summed E-state index contributed by atoms with van der Waals surface area (Å²) in [5, 5.41) is 12.5. The molecule has 1 atom stereocenters. The molecule has 0 fully saturated rings. The van der Waals surface area contributed by atoms with Crippen LogP contribution in [0.15, 0.2) is 0 Å². The third kappa shape index (κ3) is 5.74. The van der Waals surface area contributed by atoms with Gasteiger partial charge in [-0.25, -0.2) is 0 Å². The zero-order valence-electron chi connectivity index (χ0n) is 10.4. The van der Waals surface area contributed by atoms with E-state index in [9.17, 15) is 9.90 Å². The normalized spacial score (nSPS) is 13.3. The molecular formula is C11H24N2O2. The Morgan fingerprint density at radius 1 is 1.33 bits per heavy atom. The molecule has 0 heterocycles. The highest BCUT2D eigenvalue weighted by molar-refractivity contribution is 5.78. The second-order valence-corrected chi connectivity index (χ2v) is 4.54. The van der Waals surface area contributed by atoms with Gasteiger partial charge in [0.05, 0.1) is 12.6 Å². The van der Waals surface area contributed by atoms with Crippen LogP contribution in [0.5, 0.6) is 0 Å². The van der Waals surface area contributed by atoms with Crippen LogP contribution in [0.4, 0.5) is 0 Å². The molecule has 0 saturated heterocycles. The van der Waals surface area contributed by atoms with Gasteiger partial charge in [0, 0.05) is 19.6 Å². The summed E-state index contributed by atoms with van der Waals surface area (Å²) in [5.74, 6) is 0.274. The van der Waals surface area contributed by atoms with Crippen LogP contribution in [0.3, 0.4) is 0 Å². The number of nitrogens with one attached hydrogen (secondary N) is 1. The van der Waals surface area contributed by atoms with Crippen molar-refractivity contribution in [2.75, 3.05) is 20.1 Å². The molecule has 4 nitrogen and oxygen atoms in total. The molecular weight excluding hydrogens is 192 g/mol. The Kier molecular flexibility index (Phi) is 6.52. The Morgan fingerprint density at radius 3 is 2.27 bits per heavy atom. The fraction of sp³-hybridized carbons (Fsp3) is 0.909. The molecule has 0 spiro atoms. The molecule has 0 aromatic rings. The molecule has 15 heavy (non-hydrogen) atoms. The summed E-state index contributed by atoms with van der Waals surface area (Å²) in [6.07, 6.45) is -0.387. The molecule has 0 aliphatic carbocycles. The molecule has 0 bridgehead atoms. The molecule has 0 aromatic carbocycles. The first kappa shape index (κ1) is 14.4. The Labute approximate surface area is 92.7 Å². The maximum absolute atomic E-state index is 11.5. The standard InChI is InChI=1S/C11H24N2O2/c1-8(2)10(14)6-12-7-11(15)13(5)9(3)4/h8-10,12,14H,6-7H2,1-5H3. The van der Waals surface area contributed by atoms with Crippen molar-refractivity contribution in [3.8, 4) is 0 Å². The van der Waals surface area contributed by atoms with Gasteiger partial charge in [-0.3, -0.25) is 4.79 Å². The van der Waals surface area contributed by atoms with E-state index < -0.39 is 0 Å². The molecule has 2 N–H and O–H groups in total. The first-order chi connectivity index (χ1) is 6.86. The summed E-state index contributed by atoms with van der Waals surface area (Å²) in [4.78, 5) is 13.2. The van der Waals surface area contributed by atoms with Crippen LogP contribution in [-0.2, 0) is 4.79 Å². The highest BCUT2D eigenvalue weighted by atomic mass is 16.3. The SMILES string of the molecule is CC(C)C(O)CNCC(=O)N(C)C(C)C. The maximum atomic E-state index is 11.5. The van der Waals surface area contributed by atoms with Gasteiger partial charge in [0.1, 0.15) is 0 Å². The van der Waals surface area contributed by atoms with Crippen LogP contribution < -0.4 is 5.32 Å². The second-order valence-electron chi connectivity index (χ2n) is 4.54. The number of amides is 1. The van der Waals surface area contributed by atoms with Crippen molar-refractivity contribution in [3.05, 3.63) is 0 Å². The smallest absolute Gasteiger partial charge is 0.236 e. The van der Waals surface area contributed by atoms with Gasteiger partial charge in [-0.15, -0.1) is 0 Å². The van der Waals surface area contributed by atoms with Crippen LogP contribution in [0.2, 0.25) is 0 Å². The van der Waals surface area contributed by atoms with E-state index in [1.54, 1.807) is 11.9 Å². The maximum Gasteiger partial charge on any atom is 0.236 e. The second kappa shape index (κ2) is 6.80. The summed E-state index contributed by atoms with van der Waals surface area (Å²) in [5.41, 5.74) is 0. The predicted octanol–water partition coefficient (Wildman–Crippen LogP) is 0.460.